The fourth-order valence-corrected chi connectivity index (χ4v) is 5.74. The third kappa shape index (κ3) is 3.98. The molecule has 1 aromatic heterocycles. The van der Waals surface area contributed by atoms with E-state index in [1.807, 2.05) is 12.1 Å². The zero-order valence-corrected chi connectivity index (χ0v) is 18.0. The molecular weight excluding hydrogens is 446 g/mol. The van der Waals surface area contributed by atoms with Gasteiger partial charge in [0.1, 0.15) is 0 Å². The third-order valence-corrected chi connectivity index (χ3v) is 7.77. The average molecular weight is 462 g/mol. The summed E-state index contributed by atoms with van der Waals surface area (Å²) >= 11 is 6.90. The second-order valence-corrected chi connectivity index (χ2v) is 10.2. The molecule has 0 saturated carbocycles. The molecule has 0 amide bonds. The first-order valence-corrected chi connectivity index (χ1v) is 11.7. The van der Waals surface area contributed by atoms with Gasteiger partial charge in [-0.2, -0.15) is 0 Å². The van der Waals surface area contributed by atoms with E-state index in [4.69, 9.17) is 16.3 Å². The van der Waals surface area contributed by atoms with Crippen molar-refractivity contribution in [2.75, 3.05) is 17.5 Å². The lowest BCUT2D eigenvalue weighted by Gasteiger charge is -2.19. The van der Waals surface area contributed by atoms with Gasteiger partial charge in [-0.15, -0.1) is 11.3 Å². The first-order chi connectivity index (χ1) is 14.4. The van der Waals surface area contributed by atoms with Crippen molar-refractivity contribution in [1.29, 1.82) is 0 Å². The monoisotopic (exact) mass is 461 g/mol. The number of sulfonamides is 1. The number of carbonyl (C=O) groups excluding carboxylic acids is 2. The zero-order valence-electron chi connectivity index (χ0n) is 15.6. The summed E-state index contributed by atoms with van der Waals surface area (Å²) in [6, 6.07) is 16.1. The van der Waals surface area contributed by atoms with Gasteiger partial charge in [0.15, 0.2) is 6.61 Å². The topological polar surface area (TPSA) is 80.8 Å². The summed E-state index contributed by atoms with van der Waals surface area (Å²) in [6.45, 7) is -0.111. The Morgan fingerprint density at radius 1 is 1.07 bits per heavy atom. The van der Waals surface area contributed by atoms with Crippen LogP contribution in [-0.4, -0.2) is 33.3 Å². The highest BCUT2D eigenvalue weighted by molar-refractivity contribution is 7.92. The predicted octanol–water partition coefficient (Wildman–Crippen LogP) is 4.19. The molecule has 2 heterocycles. The molecule has 2 aromatic carbocycles. The maximum absolute atomic E-state index is 13.1. The van der Waals surface area contributed by atoms with Crippen LogP contribution in [-0.2, 0) is 21.2 Å². The van der Waals surface area contributed by atoms with Gasteiger partial charge in [0.05, 0.1) is 25.4 Å². The number of Topliss-reactive ketones (excluding diaryl/α,β-unsaturated/α-hetero) is 1. The quantitative estimate of drug-likeness (QED) is 0.406. The van der Waals surface area contributed by atoms with Crippen molar-refractivity contribution >= 4 is 50.4 Å². The molecule has 0 unspecified atom stereocenters. The molecule has 1 aliphatic heterocycles. The molecule has 0 aliphatic carbocycles. The second-order valence-electron chi connectivity index (χ2n) is 6.59. The molecule has 0 saturated heterocycles. The summed E-state index contributed by atoms with van der Waals surface area (Å²) < 4.78 is 33.1. The molecular formula is C21H16ClNO5S2. The Hall–Kier alpha value is -2.68. The summed E-state index contributed by atoms with van der Waals surface area (Å²) in [6.07, 6.45) is 0.631. The molecule has 6 nitrogen and oxygen atoms in total. The van der Waals surface area contributed by atoms with Gasteiger partial charge in [0, 0.05) is 6.54 Å². The van der Waals surface area contributed by atoms with E-state index in [1.54, 1.807) is 24.3 Å². The smallest absolute Gasteiger partial charge is 0.338 e. The van der Waals surface area contributed by atoms with Gasteiger partial charge >= 0.3 is 5.97 Å². The van der Waals surface area contributed by atoms with Gasteiger partial charge in [-0.3, -0.25) is 9.10 Å². The number of nitrogens with zero attached hydrogens (tertiary/aromatic N) is 1. The molecule has 9 heteroatoms. The van der Waals surface area contributed by atoms with Crippen molar-refractivity contribution < 1.29 is 22.7 Å². The molecule has 154 valence electrons. The van der Waals surface area contributed by atoms with Crippen molar-refractivity contribution in [1.82, 2.24) is 0 Å². The molecule has 30 heavy (non-hydrogen) atoms. The van der Waals surface area contributed by atoms with Gasteiger partial charge in [-0.05, 0) is 48.4 Å². The number of anilines is 1. The van der Waals surface area contributed by atoms with Gasteiger partial charge < -0.3 is 4.74 Å². The Bertz CT molecular complexity index is 1240. The van der Waals surface area contributed by atoms with Gasteiger partial charge in [-0.25, -0.2) is 13.2 Å². The number of halogens is 1. The lowest BCUT2D eigenvalue weighted by molar-refractivity contribution is 0.0475. The second kappa shape index (κ2) is 8.22. The molecule has 0 atom stereocenters. The fraction of sp³-hybridized carbons (Fsp3) is 0.143. The van der Waals surface area contributed by atoms with Crippen LogP contribution in [0.4, 0.5) is 5.69 Å². The SMILES string of the molecule is O=C(OCC(=O)c1ccc(Cl)s1)c1cccc(S(=O)(=O)N2CCc3ccccc32)c1. The van der Waals surface area contributed by atoms with E-state index in [2.05, 4.69) is 0 Å². The standard InChI is InChI=1S/C21H16ClNO5S2/c22-20-9-8-19(29-20)18(24)13-28-21(25)15-5-3-6-16(12-15)30(26,27)23-11-10-14-4-1-2-7-17(14)23/h1-9,12H,10-11,13H2. The number of para-hydroxylation sites is 1. The van der Waals surface area contributed by atoms with Crippen LogP contribution in [0.2, 0.25) is 4.34 Å². The van der Waals surface area contributed by atoms with E-state index < -0.39 is 22.6 Å². The van der Waals surface area contributed by atoms with Gasteiger partial charge in [0.2, 0.25) is 5.78 Å². The van der Waals surface area contributed by atoms with Crippen molar-refractivity contribution in [2.24, 2.45) is 0 Å². The molecule has 0 bridgehead atoms. The van der Waals surface area contributed by atoms with E-state index in [-0.39, 0.29) is 16.2 Å². The minimum Gasteiger partial charge on any atom is -0.454 e. The van der Waals surface area contributed by atoms with E-state index in [9.17, 15) is 18.0 Å². The molecule has 4 rings (SSSR count). The van der Waals surface area contributed by atoms with Crippen LogP contribution < -0.4 is 4.31 Å². The molecule has 0 spiro atoms. The molecule has 0 fully saturated rings. The first kappa shape index (κ1) is 20.6. The Labute approximate surface area is 182 Å². The van der Waals surface area contributed by atoms with Gasteiger partial charge in [0.25, 0.3) is 10.0 Å². The van der Waals surface area contributed by atoms with E-state index >= 15 is 0 Å². The first-order valence-electron chi connectivity index (χ1n) is 9.02. The van der Waals surface area contributed by atoms with Crippen LogP contribution in [0.15, 0.2) is 65.6 Å². The molecule has 0 N–H and O–H groups in total. The number of ether oxygens (including phenoxy) is 1. The van der Waals surface area contributed by atoms with Crippen LogP contribution in [0.1, 0.15) is 25.6 Å². The summed E-state index contributed by atoms with van der Waals surface area (Å²) in [5.41, 5.74) is 1.66. The number of rotatable bonds is 6. The number of hydrogen-bond acceptors (Lipinski definition) is 6. The number of hydrogen-bond donors (Lipinski definition) is 0. The van der Waals surface area contributed by atoms with Crippen LogP contribution in [0, 0.1) is 0 Å². The zero-order chi connectivity index (χ0) is 21.3. The molecule has 0 radical (unpaired) electrons. The summed E-state index contributed by atoms with van der Waals surface area (Å²) in [4.78, 5) is 24.8. The number of thiophene rings is 1. The van der Waals surface area contributed by atoms with Crippen molar-refractivity contribution in [3.05, 3.63) is 81.0 Å². The molecule has 1 aliphatic rings. The van der Waals surface area contributed by atoms with Crippen molar-refractivity contribution in [2.45, 2.75) is 11.3 Å². The van der Waals surface area contributed by atoms with Crippen LogP contribution >= 0.6 is 22.9 Å². The maximum atomic E-state index is 13.1. The minimum absolute atomic E-state index is 0.00924. The predicted molar refractivity (Wildman–Crippen MR) is 115 cm³/mol. The van der Waals surface area contributed by atoms with Crippen molar-refractivity contribution in [3.63, 3.8) is 0 Å². The Balaban J connectivity index is 1.51. The number of esters is 1. The van der Waals surface area contributed by atoms with E-state index in [1.165, 1.54) is 28.6 Å². The van der Waals surface area contributed by atoms with E-state index in [0.29, 0.717) is 27.9 Å². The fourth-order valence-electron chi connectivity index (χ4n) is 3.22. The Morgan fingerprint density at radius 2 is 1.87 bits per heavy atom. The third-order valence-electron chi connectivity index (χ3n) is 4.68. The number of fused-ring (bicyclic) bond motifs is 1. The normalized spacial score (nSPS) is 13.2. The highest BCUT2D eigenvalue weighted by Crippen LogP contribution is 2.32. The maximum Gasteiger partial charge on any atom is 0.338 e. The number of ketones is 1. The minimum atomic E-state index is -3.83. The highest BCUT2D eigenvalue weighted by Gasteiger charge is 2.31. The highest BCUT2D eigenvalue weighted by atomic mass is 35.5. The van der Waals surface area contributed by atoms with Crippen LogP contribution in [0.25, 0.3) is 0 Å². The lowest BCUT2D eigenvalue weighted by Crippen LogP contribution is -2.29. The summed E-state index contributed by atoms with van der Waals surface area (Å²) in [5, 5.41) is 0. The summed E-state index contributed by atoms with van der Waals surface area (Å²) in [5.74, 6) is -1.15. The Morgan fingerprint density at radius 3 is 2.63 bits per heavy atom. The van der Waals surface area contributed by atoms with Crippen molar-refractivity contribution in [3.8, 4) is 0 Å². The van der Waals surface area contributed by atoms with E-state index in [0.717, 1.165) is 16.9 Å². The largest absolute Gasteiger partial charge is 0.454 e. The average Bonchev–Trinajstić information content (AvgIpc) is 3.38. The number of benzene rings is 2. The lowest BCUT2D eigenvalue weighted by atomic mass is 10.2. The molecule has 3 aromatic rings. The number of carbonyl (C=O) groups is 2. The Kier molecular flexibility index (Phi) is 5.64. The van der Waals surface area contributed by atoms with Gasteiger partial charge in [-0.1, -0.05) is 35.9 Å². The van der Waals surface area contributed by atoms with Crippen LogP contribution in [0.5, 0.6) is 0 Å². The van der Waals surface area contributed by atoms with Crippen LogP contribution in [0.3, 0.4) is 0 Å². The summed E-state index contributed by atoms with van der Waals surface area (Å²) in [7, 11) is -3.83.